The minimum absolute atomic E-state index is 0.168. The maximum Gasteiger partial charge on any atom is 0.139 e. The number of carbonyl (C=O) groups excluding carboxylic acids is 1. The van der Waals surface area contributed by atoms with Gasteiger partial charge in [-0.15, -0.1) is 0 Å². The standard InChI is InChI=1S/C26H34O2/c1-25-15-7-6-10-19(25)11-12-20-21-13-14-23(27)26(21,2)16-22(24(20)25)28-17-18-8-4-3-5-9-18/h3-5,8-9,11,20-22,24H,6-7,10,12-17H2,1-2H3/t20?,21?,22-,24?,25-,26-/m0/s1. The number of ether oxygens (including phenoxy) is 1. The van der Waals surface area contributed by atoms with Crippen molar-refractivity contribution >= 4 is 5.78 Å². The van der Waals surface area contributed by atoms with Crippen LogP contribution in [0.2, 0.25) is 0 Å². The predicted molar refractivity (Wildman–Crippen MR) is 112 cm³/mol. The third-order valence-electron chi connectivity index (χ3n) is 8.95. The molecule has 1 aromatic carbocycles. The molecule has 4 aliphatic rings. The van der Waals surface area contributed by atoms with Crippen LogP contribution in [-0.4, -0.2) is 11.9 Å². The van der Waals surface area contributed by atoms with Crippen molar-refractivity contribution in [3.8, 4) is 0 Å². The molecule has 0 heterocycles. The Kier molecular flexibility index (Phi) is 4.54. The Labute approximate surface area is 169 Å². The summed E-state index contributed by atoms with van der Waals surface area (Å²) >= 11 is 0. The van der Waals surface area contributed by atoms with Crippen LogP contribution < -0.4 is 0 Å². The predicted octanol–water partition coefficient (Wildman–Crippen LogP) is 6.10. The molecule has 3 saturated carbocycles. The first-order valence-electron chi connectivity index (χ1n) is 11.4. The second-order valence-corrected chi connectivity index (χ2v) is 10.3. The van der Waals surface area contributed by atoms with Gasteiger partial charge >= 0.3 is 0 Å². The highest BCUT2D eigenvalue weighted by Crippen LogP contribution is 2.64. The lowest BCUT2D eigenvalue weighted by atomic mass is 9.47. The van der Waals surface area contributed by atoms with Gasteiger partial charge in [-0.25, -0.2) is 0 Å². The second kappa shape index (κ2) is 6.83. The summed E-state index contributed by atoms with van der Waals surface area (Å²) < 4.78 is 6.69. The molecule has 0 N–H and O–H groups in total. The van der Waals surface area contributed by atoms with Crippen molar-refractivity contribution in [2.45, 2.75) is 77.9 Å². The van der Waals surface area contributed by atoms with Crippen molar-refractivity contribution in [1.29, 1.82) is 0 Å². The van der Waals surface area contributed by atoms with Crippen molar-refractivity contribution in [3.63, 3.8) is 0 Å². The second-order valence-electron chi connectivity index (χ2n) is 10.3. The number of fused-ring (bicyclic) bond motifs is 5. The van der Waals surface area contributed by atoms with Crippen molar-refractivity contribution in [2.24, 2.45) is 28.6 Å². The Morgan fingerprint density at radius 1 is 1.07 bits per heavy atom. The summed E-state index contributed by atoms with van der Waals surface area (Å²) in [6, 6.07) is 10.5. The summed E-state index contributed by atoms with van der Waals surface area (Å²) in [5.74, 6) is 2.23. The number of ketones is 1. The van der Waals surface area contributed by atoms with Crippen LogP contribution in [0.25, 0.3) is 0 Å². The molecule has 6 atom stereocenters. The fourth-order valence-corrected chi connectivity index (χ4v) is 7.50. The lowest BCUT2D eigenvalue weighted by Crippen LogP contribution is -2.56. The molecule has 2 heteroatoms. The molecule has 0 saturated heterocycles. The van der Waals surface area contributed by atoms with Gasteiger partial charge in [0.15, 0.2) is 0 Å². The van der Waals surface area contributed by atoms with Crippen LogP contribution in [0.1, 0.15) is 70.8 Å². The number of allylic oxidation sites excluding steroid dienone is 2. The number of hydrogen-bond donors (Lipinski definition) is 0. The summed E-state index contributed by atoms with van der Waals surface area (Å²) in [7, 11) is 0. The summed E-state index contributed by atoms with van der Waals surface area (Å²) in [5, 5.41) is 0. The van der Waals surface area contributed by atoms with E-state index in [0.717, 1.165) is 25.7 Å². The summed E-state index contributed by atoms with van der Waals surface area (Å²) in [5.41, 5.74) is 3.04. The summed E-state index contributed by atoms with van der Waals surface area (Å²) in [4.78, 5) is 12.9. The fraction of sp³-hybridized carbons (Fsp3) is 0.654. The van der Waals surface area contributed by atoms with E-state index in [9.17, 15) is 4.79 Å². The molecule has 150 valence electrons. The highest BCUT2D eigenvalue weighted by Gasteiger charge is 2.61. The Balaban J connectivity index is 1.50. The molecule has 3 unspecified atom stereocenters. The Morgan fingerprint density at radius 3 is 2.71 bits per heavy atom. The van der Waals surface area contributed by atoms with Gasteiger partial charge in [0.05, 0.1) is 12.7 Å². The van der Waals surface area contributed by atoms with Gasteiger partial charge in [0.25, 0.3) is 0 Å². The molecule has 0 radical (unpaired) electrons. The minimum Gasteiger partial charge on any atom is -0.373 e. The van der Waals surface area contributed by atoms with Crippen LogP contribution in [0.4, 0.5) is 0 Å². The molecule has 0 bridgehead atoms. The minimum atomic E-state index is -0.168. The molecule has 1 aromatic rings. The lowest BCUT2D eigenvalue weighted by molar-refractivity contribution is -0.156. The number of Topliss-reactive ketones (excluding diaryl/α,β-unsaturated/α-hetero) is 1. The zero-order valence-corrected chi connectivity index (χ0v) is 17.5. The first kappa shape index (κ1) is 18.6. The van der Waals surface area contributed by atoms with E-state index >= 15 is 0 Å². The van der Waals surface area contributed by atoms with Gasteiger partial charge in [-0.1, -0.05) is 62.2 Å². The topological polar surface area (TPSA) is 26.3 Å². The monoisotopic (exact) mass is 378 g/mol. The summed E-state index contributed by atoms with van der Waals surface area (Å²) in [6.07, 6.45) is 12.0. The van der Waals surface area contributed by atoms with Crippen molar-refractivity contribution in [2.75, 3.05) is 0 Å². The maximum atomic E-state index is 12.9. The van der Waals surface area contributed by atoms with Gasteiger partial charge in [-0.3, -0.25) is 4.79 Å². The molecule has 4 aliphatic carbocycles. The fourth-order valence-electron chi connectivity index (χ4n) is 7.50. The van der Waals surface area contributed by atoms with E-state index < -0.39 is 0 Å². The molecular formula is C26H34O2. The molecule has 0 aliphatic heterocycles. The zero-order chi connectivity index (χ0) is 19.4. The van der Waals surface area contributed by atoms with Gasteiger partial charge in [0.1, 0.15) is 5.78 Å². The number of rotatable bonds is 3. The molecule has 2 nitrogen and oxygen atoms in total. The van der Waals surface area contributed by atoms with Gasteiger partial charge in [0, 0.05) is 11.8 Å². The normalized spacial score (nSPS) is 42.4. The third kappa shape index (κ3) is 2.75. The van der Waals surface area contributed by atoms with E-state index in [-0.39, 0.29) is 16.9 Å². The number of carbonyl (C=O) groups is 1. The average Bonchev–Trinajstić information content (AvgIpc) is 3.01. The Morgan fingerprint density at radius 2 is 1.89 bits per heavy atom. The van der Waals surface area contributed by atoms with E-state index in [4.69, 9.17) is 4.74 Å². The molecule has 5 rings (SSSR count). The van der Waals surface area contributed by atoms with Gasteiger partial charge in [-0.05, 0) is 67.3 Å². The van der Waals surface area contributed by atoms with Crippen molar-refractivity contribution in [3.05, 3.63) is 47.5 Å². The molecule has 28 heavy (non-hydrogen) atoms. The van der Waals surface area contributed by atoms with Gasteiger partial charge in [-0.2, -0.15) is 0 Å². The third-order valence-corrected chi connectivity index (χ3v) is 8.95. The molecule has 0 aromatic heterocycles. The SMILES string of the molecule is C[C@]12CCCCC1=CCC1C2[C@@H](OCc2ccccc2)C[C@]2(C)C(=O)CCC12. The molecule has 3 fully saturated rings. The smallest absolute Gasteiger partial charge is 0.139 e. The van der Waals surface area contributed by atoms with Crippen LogP contribution in [0.5, 0.6) is 0 Å². The number of benzene rings is 1. The number of hydrogen-bond acceptors (Lipinski definition) is 2. The zero-order valence-electron chi connectivity index (χ0n) is 17.5. The first-order valence-corrected chi connectivity index (χ1v) is 11.4. The van der Waals surface area contributed by atoms with E-state index in [1.165, 1.54) is 31.2 Å². The lowest BCUT2D eigenvalue weighted by Gasteiger charge is -2.59. The van der Waals surface area contributed by atoms with Crippen LogP contribution >= 0.6 is 0 Å². The maximum absolute atomic E-state index is 12.9. The van der Waals surface area contributed by atoms with Crippen LogP contribution in [0.15, 0.2) is 42.0 Å². The largest absolute Gasteiger partial charge is 0.373 e. The quantitative estimate of drug-likeness (QED) is 0.594. The van der Waals surface area contributed by atoms with Crippen molar-refractivity contribution < 1.29 is 9.53 Å². The average molecular weight is 379 g/mol. The van der Waals surface area contributed by atoms with E-state index in [0.29, 0.717) is 30.1 Å². The van der Waals surface area contributed by atoms with E-state index in [1.54, 1.807) is 5.57 Å². The molecule has 0 spiro atoms. The van der Waals surface area contributed by atoms with E-state index in [2.05, 4.69) is 50.3 Å². The van der Waals surface area contributed by atoms with Crippen molar-refractivity contribution in [1.82, 2.24) is 0 Å². The Bertz CT molecular complexity index is 781. The highest BCUT2D eigenvalue weighted by atomic mass is 16.5. The molecular weight excluding hydrogens is 344 g/mol. The highest BCUT2D eigenvalue weighted by molar-refractivity contribution is 5.87. The molecule has 0 amide bonds. The Hall–Kier alpha value is -1.41. The van der Waals surface area contributed by atoms with Crippen LogP contribution in [-0.2, 0) is 16.1 Å². The van der Waals surface area contributed by atoms with E-state index in [1.807, 2.05) is 0 Å². The summed E-state index contributed by atoms with van der Waals surface area (Å²) in [6.45, 7) is 5.44. The first-order chi connectivity index (χ1) is 13.5. The van der Waals surface area contributed by atoms with Crippen LogP contribution in [0.3, 0.4) is 0 Å². The van der Waals surface area contributed by atoms with Gasteiger partial charge in [0.2, 0.25) is 0 Å². The van der Waals surface area contributed by atoms with Crippen LogP contribution in [0, 0.1) is 28.6 Å². The van der Waals surface area contributed by atoms with Gasteiger partial charge < -0.3 is 4.74 Å².